The first-order valence-electron chi connectivity index (χ1n) is 7.20. The number of H-pyrrole nitrogens is 1. The Kier molecular flexibility index (Phi) is 5.51. The fraction of sp³-hybridized carbons (Fsp3) is 0.643. The Morgan fingerprint density at radius 2 is 2.23 bits per heavy atom. The second-order valence-corrected chi connectivity index (χ2v) is 5.65. The molecule has 2 aliphatic heterocycles. The SMILES string of the molecule is Cc1cnc(CN2C[C@@H]3COC[C@H](C2)N(C)C3=O)[nH]1.O=CO. The van der Waals surface area contributed by atoms with Crippen molar-refractivity contribution >= 4 is 12.4 Å². The molecule has 0 aromatic carbocycles. The van der Waals surface area contributed by atoms with E-state index in [9.17, 15) is 4.79 Å². The largest absolute Gasteiger partial charge is 0.483 e. The number of aryl methyl sites for hydroxylation is 1. The molecule has 0 spiro atoms. The molecule has 8 heteroatoms. The van der Waals surface area contributed by atoms with Gasteiger partial charge in [0, 0.05) is 32.0 Å². The number of carbonyl (C=O) groups excluding carboxylic acids is 1. The van der Waals surface area contributed by atoms with Crippen LogP contribution in [-0.4, -0.2) is 76.6 Å². The van der Waals surface area contributed by atoms with Gasteiger partial charge in [0.2, 0.25) is 5.91 Å². The van der Waals surface area contributed by atoms with Crippen LogP contribution < -0.4 is 0 Å². The smallest absolute Gasteiger partial charge is 0.290 e. The maximum absolute atomic E-state index is 12.2. The van der Waals surface area contributed by atoms with Gasteiger partial charge in [-0.3, -0.25) is 14.5 Å². The molecule has 8 nitrogen and oxygen atoms in total. The van der Waals surface area contributed by atoms with Gasteiger partial charge in [0.1, 0.15) is 5.82 Å². The monoisotopic (exact) mass is 310 g/mol. The van der Waals surface area contributed by atoms with E-state index in [1.54, 1.807) is 0 Å². The number of amides is 1. The number of fused-ring (bicyclic) bond motifs is 3. The van der Waals surface area contributed by atoms with Crippen molar-refractivity contribution < 1.29 is 19.4 Å². The number of rotatable bonds is 2. The minimum Gasteiger partial charge on any atom is -0.483 e. The molecule has 122 valence electrons. The number of aromatic nitrogens is 2. The van der Waals surface area contributed by atoms with Crippen molar-refractivity contribution in [1.29, 1.82) is 0 Å². The zero-order chi connectivity index (χ0) is 16.1. The van der Waals surface area contributed by atoms with Gasteiger partial charge in [-0.25, -0.2) is 4.98 Å². The lowest BCUT2D eigenvalue weighted by molar-refractivity contribution is -0.134. The highest BCUT2D eigenvalue weighted by Crippen LogP contribution is 2.20. The molecule has 3 rings (SSSR count). The summed E-state index contributed by atoms with van der Waals surface area (Å²) in [7, 11) is 1.88. The second-order valence-electron chi connectivity index (χ2n) is 5.65. The van der Waals surface area contributed by atoms with Crippen molar-refractivity contribution in [1.82, 2.24) is 19.8 Å². The molecule has 0 unspecified atom stereocenters. The van der Waals surface area contributed by atoms with Gasteiger partial charge in [-0.05, 0) is 6.92 Å². The molecular formula is C14H22N4O4. The summed E-state index contributed by atoms with van der Waals surface area (Å²) in [6, 6.07) is 0.149. The van der Waals surface area contributed by atoms with Crippen LogP contribution >= 0.6 is 0 Å². The first kappa shape index (κ1) is 16.4. The lowest BCUT2D eigenvalue weighted by Gasteiger charge is -2.28. The van der Waals surface area contributed by atoms with Crippen LogP contribution in [0.5, 0.6) is 0 Å². The third kappa shape index (κ3) is 3.83. The van der Waals surface area contributed by atoms with Crippen LogP contribution in [-0.2, 0) is 20.9 Å². The Hall–Kier alpha value is -1.93. The van der Waals surface area contributed by atoms with Gasteiger partial charge in [0.15, 0.2) is 0 Å². The predicted octanol–water partition coefficient (Wildman–Crippen LogP) is -0.292. The van der Waals surface area contributed by atoms with E-state index in [1.165, 1.54) is 0 Å². The average molecular weight is 310 g/mol. The number of nitrogens with one attached hydrogen (secondary N) is 1. The Morgan fingerprint density at radius 3 is 2.86 bits per heavy atom. The topological polar surface area (TPSA) is 98.8 Å². The molecule has 3 heterocycles. The van der Waals surface area contributed by atoms with Crippen LogP contribution in [0.25, 0.3) is 0 Å². The first-order valence-corrected chi connectivity index (χ1v) is 7.20. The summed E-state index contributed by atoms with van der Waals surface area (Å²) in [5.41, 5.74) is 1.07. The first-order chi connectivity index (χ1) is 10.5. The summed E-state index contributed by atoms with van der Waals surface area (Å²) in [4.78, 5) is 32.3. The molecule has 2 saturated heterocycles. The van der Waals surface area contributed by atoms with Crippen LogP contribution in [0.4, 0.5) is 0 Å². The quantitative estimate of drug-likeness (QED) is 0.728. The lowest BCUT2D eigenvalue weighted by atomic mass is 10.1. The van der Waals surface area contributed by atoms with Crippen LogP contribution in [0.3, 0.4) is 0 Å². The standard InChI is InChI=1S/C13H20N4O2.CH2O2/c1-9-3-14-12(15-9)6-17-4-10-7-19-8-11(5-17)16(2)13(10)18;2-1-3/h3,10-11H,4-8H2,1-2H3,(H,14,15);1H,(H,2,3)/t10-,11+;/m1./s1. The summed E-state index contributed by atoms with van der Waals surface area (Å²) in [5.74, 6) is 1.13. The average Bonchev–Trinajstić information content (AvgIpc) is 2.76. The van der Waals surface area contributed by atoms with Gasteiger partial charge in [-0.1, -0.05) is 0 Å². The number of likely N-dealkylation sites (N-methyl/N-ethyl adjacent to an activating group) is 1. The normalized spacial score (nSPS) is 25.2. The van der Waals surface area contributed by atoms with Crippen molar-refractivity contribution in [2.75, 3.05) is 33.4 Å². The van der Waals surface area contributed by atoms with Crippen LogP contribution in [0.15, 0.2) is 6.20 Å². The minimum absolute atomic E-state index is 0.0476. The number of carboxylic acid groups (broad SMARTS) is 1. The number of imidazole rings is 1. The number of nitrogens with zero attached hydrogens (tertiary/aromatic N) is 3. The van der Waals surface area contributed by atoms with Gasteiger partial charge in [0.25, 0.3) is 6.47 Å². The fourth-order valence-electron chi connectivity index (χ4n) is 2.88. The number of ether oxygens (including phenoxy) is 1. The molecule has 1 aromatic heterocycles. The van der Waals surface area contributed by atoms with Crippen LogP contribution in [0.2, 0.25) is 0 Å². The Labute approximate surface area is 129 Å². The third-order valence-electron chi connectivity index (χ3n) is 3.95. The number of hydrogen-bond acceptors (Lipinski definition) is 5. The van der Waals surface area contributed by atoms with Crippen molar-refractivity contribution in [3.8, 4) is 0 Å². The van der Waals surface area contributed by atoms with E-state index in [4.69, 9.17) is 14.6 Å². The van der Waals surface area contributed by atoms with E-state index in [-0.39, 0.29) is 24.3 Å². The highest BCUT2D eigenvalue weighted by atomic mass is 16.5. The van der Waals surface area contributed by atoms with E-state index in [2.05, 4.69) is 14.9 Å². The molecule has 1 aromatic rings. The Bertz CT molecular complexity index is 519. The molecule has 22 heavy (non-hydrogen) atoms. The van der Waals surface area contributed by atoms with E-state index >= 15 is 0 Å². The molecule has 0 radical (unpaired) electrons. The number of carbonyl (C=O) groups is 2. The van der Waals surface area contributed by atoms with Crippen LogP contribution in [0, 0.1) is 12.8 Å². The van der Waals surface area contributed by atoms with Crippen molar-refractivity contribution in [3.63, 3.8) is 0 Å². The highest BCUT2D eigenvalue weighted by Gasteiger charge is 2.37. The lowest BCUT2D eigenvalue weighted by Crippen LogP contribution is -2.43. The highest BCUT2D eigenvalue weighted by molar-refractivity contribution is 5.79. The summed E-state index contributed by atoms with van der Waals surface area (Å²) in [6.07, 6.45) is 1.84. The van der Waals surface area contributed by atoms with Gasteiger partial charge in [0.05, 0.1) is 31.7 Å². The minimum atomic E-state index is -0.250. The number of hydrogen-bond donors (Lipinski definition) is 2. The van der Waals surface area contributed by atoms with E-state index in [0.29, 0.717) is 13.2 Å². The maximum Gasteiger partial charge on any atom is 0.290 e. The molecule has 2 fully saturated rings. The number of aromatic amines is 1. The van der Waals surface area contributed by atoms with Gasteiger partial charge >= 0.3 is 0 Å². The fourth-order valence-corrected chi connectivity index (χ4v) is 2.88. The van der Waals surface area contributed by atoms with Gasteiger partial charge in [-0.2, -0.15) is 0 Å². The molecule has 0 aliphatic carbocycles. The molecule has 2 bridgehead atoms. The zero-order valence-corrected chi connectivity index (χ0v) is 12.9. The second kappa shape index (κ2) is 7.37. The van der Waals surface area contributed by atoms with E-state index in [0.717, 1.165) is 31.2 Å². The van der Waals surface area contributed by atoms with Crippen molar-refractivity contribution in [2.24, 2.45) is 5.92 Å². The van der Waals surface area contributed by atoms with Gasteiger partial charge in [-0.15, -0.1) is 0 Å². The van der Waals surface area contributed by atoms with Crippen molar-refractivity contribution in [3.05, 3.63) is 17.7 Å². The molecule has 2 atom stereocenters. The zero-order valence-electron chi connectivity index (χ0n) is 12.9. The molecule has 1 amide bonds. The molecule has 2 aliphatic rings. The summed E-state index contributed by atoms with van der Waals surface area (Å²) in [6.45, 7) is 5.28. The molecular weight excluding hydrogens is 288 g/mol. The van der Waals surface area contributed by atoms with E-state index < -0.39 is 0 Å². The van der Waals surface area contributed by atoms with E-state index in [1.807, 2.05) is 25.1 Å². The van der Waals surface area contributed by atoms with Crippen LogP contribution in [0.1, 0.15) is 11.5 Å². The molecule has 0 saturated carbocycles. The third-order valence-corrected chi connectivity index (χ3v) is 3.95. The summed E-state index contributed by atoms with van der Waals surface area (Å²) >= 11 is 0. The van der Waals surface area contributed by atoms with Gasteiger partial charge < -0.3 is 19.7 Å². The Balaban J connectivity index is 0.000000545. The van der Waals surface area contributed by atoms with Crippen molar-refractivity contribution in [2.45, 2.75) is 19.5 Å². The predicted molar refractivity (Wildman–Crippen MR) is 78.2 cm³/mol. The summed E-state index contributed by atoms with van der Waals surface area (Å²) in [5, 5.41) is 6.89. The maximum atomic E-state index is 12.2. The Morgan fingerprint density at radius 1 is 1.50 bits per heavy atom. The summed E-state index contributed by atoms with van der Waals surface area (Å²) < 4.78 is 5.59. The molecule has 2 N–H and O–H groups in total.